The van der Waals surface area contributed by atoms with Crippen LogP contribution in [0.15, 0.2) is 34.4 Å². The van der Waals surface area contributed by atoms with Crippen LogP contribution in [0.4, 0.5) is 0 Å². The number of carbonyl (C=O) groups is 2. The van der Waals surface area contributed by atoms with E-state index in [2.05, 4.69) is 53.7 Å². The van der Waals surface area contributed by atoms with E-state index in [4.69, 9.17) is 9.47 Å². The first-order valence-electron chi connectivity index (χ1n) is 28.2. The van der Waals surface area contributed by atoms with Gasteiger partial charge in [0.25, 0.3) is 0 Å². The second-order valence-electron chi connectivity index (χ2n) is 25.1. The van der Waals surface area contributed by atoms with Crippen molar-refractivity contribution in [2.45, 2.75) is 260 Å². The quantitative estimate of drug-likeness (QED) is 0.0596. The molecule has 64 heavy (non-hydrogen) atoms. The van der Waals surface area contributed by atoms with Gasteiger partial charge in [-0.1, -0.05) is 142 Å². The Kier molecular flexibility index (Phi) is 15.5. The number of hydrogen-bond acceptors (Lipinski definition) is 4. The maximum Gasteiger partial charge on any atom is 0.334 e. The molecule has 0 aromatic heterocycles. The first kappa shape index (κ1) is 48.6. The lowest BCUT2D eigenvalue weighted by atomic mass is 9.47. The molecule has 0 aliphatic heterocycles. The highest BCUT2D eigenvalue weighted by Gasteiger charge is 2.60. The molecule has 4 heteroatoms. The summed E-state index contributed by atoms with van der Waals surface area (Å²) < 4.78 is 12.5. The molecule has 14 atom stereocenters. The Morgan fingerprint density at radius 1 is 0.500 bits per heavy atom. The Morgan fingerprint density at radius 2 is 0.891 bits per heavy atom. The topological polar surface area (TPSA) is 52.6 Å². The predicted octanol–water partition coefficient (Wildman–Crippen LogP) is 16.8. The van der Waals surface area contributed by atoms with Crippen molar-refractivity contribution < 1.29 is 19.1 Å². The van der Waals surface area contributed by atoms with Crippen LogP contribution in [0.3, 0.4) is 0 Å². The number of allylic oxidation sites excluding steroid dienone is 2. The Labute approximate surface area is 393 Å². The number of rotatable bonds is 18. The Hall–Kier alpha value is -1.84. The molecule has 0 unspecified atom stereocenters. The van der Waals surface area contributed by atoms with E-state index in [0.717, 1.165) is 85.9 Å². The van der Waals surface area contributed by atoms with Crippen molar-refractivity contribution in [1.29, 1.82) is 0 Å². The normalized spacial score (nSPS) is 41.5. The van der Waals surface area contributed by atoms with Gasteiger partial charge in [-0.2, -0.15) is 0 Å². The average molecular weight is 881 g/mol. The van der Waals surface area contributed by atoms with Crippen LogP contribution >= 0.6 is 0 Å². The molecule has 4 nitrogen and oxygen atoms in total. The first-order chi connectivity index (χ1) is 30.8. The number of carbonyl (C=O) groups excluding carboxylic acids is 2. The van der Waals surface area contributed by atoms with Gasteiger partial charge in [0.15, 0.2) is 0 Å². The van der Waals surface area contributed by atoms with Gasteiger partial charge in [-0.3, -0.25) is 0 Å². The molecule has 8 aliphatic rings. The molecule has 0 bridgehead atoms. The van der Waals surface area contributed by atoms with E-state index >= 15 is 0 Å². The molecule has 0 aromatic carbocycles. The zero-order valence-electron chi connectivity index (χ0n) is 42.8. The molecule has 8 rings (SSSR count). The zero-order chi connectivity index (χ0) is 45.3. The molecule has 0 heterocycles. The summed E-state index contributed by atoms with van der Waals surface area (Å²) in [5.41, 5.74) is 5.43. The Balaban J connectivity index is 0.815. The Bertz CT molecular complexity index is 1610. The van der Waals surface area contributed by atoms with Crippen LogP contribution in [0.1, 0.15) is 248 Å². The first-order valence-corrected chi connectivity index (χ1v) is 28.2. The fourth-order valence-corrected chi connectivity index (χ4v) is 17.8. The third-order valence-electron chi connectivity index (χ3n) is 22.0. The van der Waals surface area contributed by atoms with Gasteiger partial charge in [0.05, 0.1) is 0 Å². The summed E-state index contributed by atoms with van der Waals surface area (Å²) in [6, 6.07) is 0. The molecule has 6 fully saturated rings. The number of ether oxygens (including phenoxy) is 2. The summed E-state index contributed by atoms with van der Waals surface area (Å²) in [6.07, 6.45) is 44.2. The molecule has 0 N–H and O–H groups in total. The van der Waals surface area contributed by atoms with Crippen molar-refractivity contribution in [3.8, 4) is 0 Å². The minimum absolute atomic E-state index is 0.115. The van der Waals surface area contributed by atoms with Crippen LogP contribution in [-0.2, 0) is 19.1 Å². The van der Waals surface area contributed by atoms with Gasteiger partial charge in [-0.25, -0.2) is 9.59 Å². The molecular weight excluding hydrogens is 785 g/mol. The second-order valence-corrected chi connectivity index (χ2v) is 25.1. The van der Waals surface area contributed by atoms with E-state index in [1.54, 1.807) is 25.0 Å². The van der Waals surface area contributed by atoms with Crippen molar-refractivity contribution in [2.75, 3.05) is 0 Å². The van der Waals surface area contributed by atoms with E-state index in [9.17, 15) is 9.59 Å². The molecule has 0 spiro atoms. The van der Waals surface area contributed by atoms with Crippen LogP contribution in [0, 0.1) is 69.0 Å². The van der Waals surface area contributed by atoms with E-state index in [-0.39, 0.29) is 35.0 Å². The lowest BCUT2D eigenvalue weighted by Gasteiger charge is -2.58. The van der Waals surface area contributed by atoms with Crippen LogP contribution in [-0.4, -0.2) is 24.1 Å². The Morgan fingerprint density at radius 3 is 1.30 bits per heavy atom. The molecule has 6 saturated carbocycles. The zero-order valence-corrected chi connectivity index (χ0v) is 42.8. The fraction of sp³-hybridized carbons (Fsp3) is 0.867. The van der Waals surface area contributed by atoms with Crippen molar-refractivity contribution >= 4 is 11.9 Å². The maximum atomic E-state index is 13.7. The van der Waals surface area contributed by atoms with Gasteiger partial charge < -0.3 is 9.47 Å². The summed E-state index contributed by atoms with van der Waals surface area (Å²) in [6.45, 7) is 18.7. The molecular formula is C60H96O4. The summed E-state index contributed by atoms with van der Waals surface area (Å²) in [4.78, 5) is 27.4. The molecule has 0 aromatic rings. The van der Waals surface area contributed by atoms with Gasteiger partial charge in [0.2, 0.25) is 0 Å². The summed E-state index contributed by atoms with van der Waals surface area (Å²) in [5.74, 6) is 6.05. The third kappa shape index (κ3) is 9.34. The lowest BCUT2D eigenvalue weighted by molar-refractivity contribution is -0.150. The smallest absolute Gasteiger partial charge is 0.334 e. The van der Waals surface area contributed by atoms with Crippen molar-refractivity contribution in [1.82, 2.24) is 0 Å². The molecule has 0 saturated heterocycles. The predicted molar refractivity (Wildman–Crippen MR) is 265 cm³/mol. The van der Waals surface area contributed by atoms with Gasteiger partial charge in [0, 0.05) is 24.0 Å². The molecule has 0 radical (unpaired) electrons. The minimum Gasteiger partial charge on any atom is -0.459 e. The average Bonchev–Trinajstić information content (AvgIpc) is 3.81. The van der Waals surface area contributed by atoms with Crippen LogP contribution in [0.5, 0.6) is 0 Å². The van der Waals surface area contributed by atoms with E-state index in [1.807, 2.05) is 0 Å². The van der Waals surface area contributed by atoms with Crippen molar-refractivity contribution in [2.24, 2.45) is 69.0 Å². The highest BCUT2D eigenvalue weighted by atomic mass is 16.5. The number of hydrogen-bond donors (Lipinski definition) is 0. The van der Waals surface area contributed by atoms with Crippen molar-refractivity contribution in [3.05, 3.63) is 34.4 Å². The monoisotopic (exact) mass is 881 g/mol. The summed E-state index contributed by atoms with van der Waals surface area (Å²) in [5, 5.41) is 0. The molecule has 360 valence electrons. The van der Waals surface area contributed by atoms with E-state index < -0.39 is 0 Å². The lowest BCUT2D eigenvalue weighted by Crippen LogP contribution is -2.50. The number of unbranched alkanes of at least 4 members (excludes halogenated alkanes) is 10. The highest BCUT2D eigenvalue weighted by Crippen LogP contribution is 2.68. The standard InChI is InChI=1S/C60H96O4/c1-9-11-13-15-17-19-21-43-25-29-51-49-27-23-45-39-47(31-35-59(45,7)53(49)33-37-57(43,51)5)63-55(61)41(3)42(4)56(62)64-48-32-36-60(8)46(40-48)24-28-50-52-30-26-44(22-20-18-16-14-12-10-2)58(52,6)38-34-54(50)60/h23-24,43-44,47-54H,9-22,25-40H2,1-8H3/b42-41+/t43-,44-,47-,48+,49+,50+,51-,52+,53+,54+,57+,58-,59-,60+/m1/s1. The number of fused-ring (bicyclic) bond motifs is 10. The van der Waals surface area contributed by atoms with E-state index in [1.165, 1.54) is 154 Å². The van der Waals surface area contributed by atoms with E-state index in [0.29, 0.717) is 22.0 Å². The maximum absolute atomic E-state index is 13.7. The van der Waals surface area contributed by atoms with Gasteiger partial charge >= 0.3 is 11.9 Å². The summed E-state index contributed by atoms with van der Waals surface area (Å²) >= 11 is 0. The number of esters is 2. The van der Waals surface area contributed by atoms with Gasteiger partial charge in [-0.15, -0.1) is 0 Å². The largest absolute Gasteiger partial charge is 0.459 e. The van der Waals surface area contributed by atoms with Crippen LogP contribution in [0.25, 0.3) is 0 Å². The van der Waals surface area contributed by atoms with Crippen LogP contribution < -0.4 is 0 Å². The summed E-state index contributed by atoms with van der Waals surface area (Å²) in [7, 11) is 0. The molecule has 0 amide bonds. The fourth-order valence-electron chi connectivity index (χ4n) is 17.8. The highest BCUT2D eigenvalue weighted by molar-refractivity contribution is 5.99. The minimum atomic E-state index is -0.337. The third-order valence-corrected chi connectivity index (χ3v) is 22.0. The van der Waals surface area contributed by atoms with Crippen molar-refractivity contribution in [3.63, 3.8) is 0 Å². The van der Waals surface area contributed by atoms with Crippen LogP contribution in [0.2, 0.25) is 0 Å². The SMILES string of the molecule is CCCCCCCC[C@@H]1CC[C@@H]2[C@@H]3CC=C4C[C@H](OC(=O)/C(C)=C(\C)C(=O)O[C@H]5CC[C@@]6(C)C(=CC[C@H]7[C@@H]8CC[C@@H](CCCCCCCC)[C@@]8(C)CC[C@@H]76)C5)CC[C@@]4(C)[C@H]3CC[C@@]12C. The molecule has 8 aliphatic carbocycles. The van der Waals surface area contributed by atoms with Gasteiger partial charge in [-0.05, 0) is 186 Å². The van der Waals surface area contributed by atoms with Gasteiger partial charge in [0.1, 0.15) is 12.2 Å². The second kappa shape index (κ2) is 20.4.